The van der Waals surface area contributed by atoms with E-state index in [4.69, 9.17) is 16.3 Å². The fraction of sp³-hybridized carbons (Fsp3) is 0.545. The molecule has 0 unspecified atom stereocenters. The Bertz CT molecular complexity index is 415. The summed E-state index contributed by atoms with van der Waals surface area (Å²) >= 11 is 5.74. The van der Waals surface area contributed by atoms with Crippen LogP contribution in [0.25, 0.3) is 0 Å². The number of halogens is 1. The lowest BCUT2D eigenvalue weighted by Crippen LogP contribution is -2.43. The van der Waals surface area contributed by atoms with E-state index in [2.05, 4.69) is 15.3 Å². The van der Waals surface area contributed by atoms with Crippen molar-refractivity contribution in [1.29, 1.82) is 0 Å². The van der Waals surface area contributed by atoms with E-state index in [1.807, 2.05) is 6.92 Å². The molecule has 1 saturated heterocycles. The standard InChI is InChI=1S/C11H15ClN4O2/c1-8-6-9(15-11(12)14-8)13-7-10(17)16-2-4-18-5-3-16/h6H,2-5,7H2,1H3,(H,13,14,15). The molecule has 1 aliphatic rings. The number of morpholine rings is 1. The predicted molar refractivity (Wildman–Crippen MR) is 67.7 cm³/mol. The van der Waals surface area contributed by atoms with Crippen LogP contribution in [0.2, 0.25) is 5.28 Å². The van der Waals surface area contributed by atoms with Gasteiger partial charge in [-0.1, -0.05) is 0 Å². The van der Waals surface area contributed by atoms with Crippen LogP contribution in [-0.4, -0.2) is 53.6 Å². The van der Waals surface area contributed by atoms with Crippen molar-refractivity contribution in [3.63, 3.8) is 0 Å². The first kappa shape index (κ1) is 13.0. The minimum atomic E-state index is 0.0330. The van der Waals surface area contributed by atoms with E-state index in [1.54, 1.807) is 11.0 Å². The fourth-order valence-corrected chi connectivity index (χ4v) is 1.94. The van der Waals surface area contributed by atoms with Gasteiger partial charge in [0.05, 0.1) is 19.8 Å². The van der Waals surface area contributed by atoms with Crippen LogP contribution in [-0.2, 0) is 9.53 Å². The van der Waals surface area contributed by atoms with Crippen LogP contribution in [0, 0.1) is 6.92 Å². The molecule has 0 atom stereocenters. The van der Waals surface area contributed by atoms with Gasteiger partial charge in [0.25, 0.3) is 0 Å². The predicted octanol–water partition coefficient (Wildman–Crippen LogP) is 0.709. The Balaban J connectivity index is 1.88. The average Bonchev–Trinajstić information content (AvgIpc) is 2.36. The number of aryl methyl sites for hydroxylation is 1. The lowest BCUT2D eigenvalue weighted by Gasteiger charge is -2.26. The number of hydrogen-bond donors (Lipinski definition) is 1. The maximum Gasteiger partial charge on any atom is 0.242 e. The first-order valence-corrected chi connectivity index (χ1v) is 6.13. The normalized spacial score (nSPS) is 15.6. The SMILES string of the molecule is Cc1cc(NCC(=O)N2CCOCC2)nc(Cl)n1. The van der Waals surface area contributed by atoms with E-state index < -0.39 is 0 Å². The number of amides is 1. The van der Waals surface area contributed by atoms with Crippen LogP contribution in [0.5, 0.6) is 0 Å². The number of aromatic nitrogens is 2. The zero-order chi connectivity index (χ0) is 13.0. The first-order chi connectivity index (χ1) is 8.65. The highest BCUT2D eigenvalue weighted by atomic mass is 35.5. The third-order valence-corrected chi connectivity index (χ3v) is 2.78. The van der Waals surface area contributed by atoms with Gasteiger partial charge in [-0.3, -0.25) is 4.79 Å². The van der Waals surface area contributed by atoms with Crippen LogP contribution in [0.4, 0.5) is 5.82 Å². The van der Waals surface area contributed by atoms with Gasteiger partial charge in [0.1, 0.15) is 5.82 Å². The largest absolute Gasteiger partial charge is 0.378 e. The van der Waals surface area contributed by atoms with Gasteiger partial charge in [-0.15, -0.1) is 0 Å². The second kappa shape index (κ2) is 5.97. The highest BCUT2D eigenvalue weighted by molar-refractivity contribution is 6.28. The molecule has 2 heterocycles. The van der Waals surface area contributed by atoms with Gasteiger partial charge in [0.2, 0.25) is 11.2 Å². The van der Waals surface area contributed by atoms with Gasteiger partial charge >= 0.3 is 0 Å². The number of nitrogens with one attached hydrogen (secondary N) is 1. The number of carbonyl (C=O) groups excluding carboxylic acids is 1. The van der Waals surface area contributed by atoms with Gasteiger partial charge in [0, 0.05) is 24.8 Å². The molecule has 1 aliphatic heterocycles. The average molecular weight is 271 g/mol. The van der Waals surface area contributed by atoms with Gasteiger partial charge in [0.15, 0.2) is 0 Å². The minimum Gasteiger partial charge on any atom is -0.378 e. The Labute approximate surface area is 110 Å². The van der Waals surface area contributed by atoms with Crippen LogP contribution in [0.3, 0.4) is 0 Å². The number of hydrogen-bond acceptors (Lipinski definition) is 5. The van der Waals surface area contributed by atoms with Crippen molar-refractivity contribution < 1.29 is 9.53 Å². The molecule has 1 fully saturated rings. The number of ether oxygens (including phenoxy) is 1. The summed E-state index contributed by atoms with van der Waals surface area (Å²) in [6.07, 6.45) is 0. The van der Waals surface area contributed by atoms with E-state index in [1.165, 1.54) is 0 Å². The molecule has 1 aromatic heterocycles. The van der Waals surface area contributed by atoms with E-state index in [0.717, 1.165) is 5.69 Å². The summed E-state index contributed by atoms with van der Waals surface area (Å²) in [4.78, 5) is 21.6. The summed E-state index contributed by atoms with van der Waals surface area (Å²) in [5.41, 5.74) is 0.760. The smallest absolute Gasteiger partial charge is 0.242 e. The summed E-state index contributed by atoms with van der Waals surface area (Å²) in [6, 6.07) is 1.75. The van der Waals surface area contributed by atoms with E-state index in [-0.39, 0.29) is 17.7 Å². The molecule has 0 radical (unpaired) electrons. The summed E-state index contributed by atoms with van der Waals surface area (Å²) in [7, 11) is 0. The third-order valence-electron chi connectivity index (χ3n) is 2.61. The van der Waals surface area contributed by atoms with Gasteiger partial charge in [-0.2, -0.15) is 0 Å². The topological polar surface area (TPSA) is 67.4 Å². The Morgan fingerprint density at radius 1 is 1.50 bits per heavy atom. The molecule has 0 saturated carbocycles. The molecule has 0 aliphatic carbocycles. The highest BCUT2D eigenvalue weighted by Gasteiger charge is 2.16. The Hall–Kier alpha value is -1.40. The molecule has 0 spiro atoms. The van der Waals surface area contributed by atoms with Crippen molar-refractivity contribution >= 4 is 23.3 Å². The van der Waals surface area contributed by atoms with Gasteiger partial charge < -0.3 is 15.0 Å². The zero-order valence-corrected chi connectivity index (χ0v) is 10.9. The molecule has 2 rings (SSSR count). The number of rotatable bonds is 3. The number of anilines is 1. The first-order valence-electron chi connectivity index (χ1n) is 5.76. The molecule has 1 N–H and O–H groups in total. The summed E-state index contributed by atoms with van der Waals surface area (Å²) in [5, 5.41) is 3.13. The Morgan fingerprint density at radius 3 is 2.89 bits per heavy atom. The van der Waals surface area contributed by atoms with Gasteiger partial charge in [-0.05, 0) is 18.5 Å². The Morgan fingerprint density at radius 2 is 2.22 bits per heavy atom. The van der Waals surface area contributed by atoms with Crippen molar-refractivity contribution in [2.45, 2.75) is 6.92 Å². The Kier molecular flexibility index (Phi) is 4.33. The molecule has 0 aromatic carbocycles. The van der Waals surface area contributed by atoms with E-state index in [9.17, 15) is 4.79 Å². The third kappa shape index (κ3) is 3.54. The van der Waals surface area contributed by atoms with Crippen LogP contribution in [0.15, 0.2) is 6.07 Å². The van der Waals surface area contributed by atoms with Crippen LogP contribution >= 0.6 is 11.6 Å². The molecular weight excluding hydrogens is 256 g/mol. The maximum absolute atomic E-state index is 11.9. The molecule has 98 valence electrons. The van der Waals surface area contributed by atoms with Crippen LogP contribution < -0.4 is 5.32 Å². The van der Waals surface area contributed by atoms with Crippen molar-refractivity contribution in [2.75, 3.05) is 38.2 Å². The lowest BCUT2D eigenvalue weighted by atomic mass is 10.4. The van der Waals surface area contributed by atoms with Crippen molar-refractivity contribution in [3.8, 4) is 0 Å². The molecule has 7 heteroatoms. The van der Waals surface area contributed by atoms with Crippen molar-refractivity contribution in [1.82, 2.24) is 14.9 Å². The molecule has 1 amide bonds. The second-order valence-electron chi connectivity index (χ2n) is 4.01. The minimum absolute atomic E-state index is 0.0330. The highest BCUT2D eigenvalue weighted by Crippen LogP contribution is 2.09. The lowest BCUT2D eigenvalue weighted by molar-refractivity contribution is -0.133. The number of carbonyl (C=O) groups is 1. The summed E-state index contributed by atoms with van der Waals surface area (Å²) in [5.74, 6) is 0.597. The molecule has 18 heavy (non-hydrogen) atoms. The van der Waals surface area contributed by atoms with Crippen molar-refractivity contribution in [3.05, 3.63) is 17.0 Å². The maximum atomic E-state index is 11.9. The molecule has 1 aromatic rings. The summed E-state index contributed by atoms with van der Waals surface area (Å²) < 4.78 is 5.19. The zero-order valence-electron chi connectivity index (χ0n) is 10.1. The molecule has 6 nitrogen and oxygen atoms in total. The quantitative estimate of drug-likeness (QED) is 0.820. The van der Waals surface area contributed by atoms with Crippen molar-refractivity contribution in [2.24, 2.45) is 0 Å². The van der Waals surface area contributed by atoms with E-state index >= 15 is 0 Å². The summed E-state index contributed by atoms with van der Waals surface area (Å²) in [6.45, 7) is 4.51. The second-order valence-corrected chi connectivity index (χ2v) is 4.35. The fourth-order valence-electron chi connectivity index (χ4n) is 1.71. The molecular formula is C11H15ClN4O2. The van der Waals surface area contributed by atoms with Gasteiger partial charge in [-0.25, -0.2) is 9.97 Å². The number of nitrogens with zero attached hydrogens (tertiary/aromatic N) is 3. The van der Waals surface area contributed by atoms with Crippen LogP contribution in [0.1, 0.15) is 5.69 Å². The van der Waals surface area contributed by atoms with E-state index in [0.29, 0.717) is 32.1 Å². The molecule has 0 bridgehead atoms. The monoisotopic (exact) mass is 270 g/mol.